The number of aromatic nitrogens is 1. The number of hydrogen-bond acceptors (Lipinski definition) is 3. The number of anilines is 1. The van der Waals surface area contributed by atoms with Crippen molar-refractivity contribution in [3.05, 3.63) is 22.3 Å². The first-order chi connectivity index (χ1) is 7.99. The highest BCUT2D eigenvalue weighted by Crippen LogP contribution is 2.30. The van der Waals surface area contributed by atoms with Crippen molar-refractivity contribution in [2.75, 3.05) is 18.0 Å². The fraction of sp³-hybridized carbons (Fsp3) is 0.615. The molecule has 1 unspecified atom stereocenters. The Labute approximate surface area is 111 Å². The molecule has 0 aromatic carbocycles. The Kier molecular flexibility index (Phi) is 3.73. The van der Waals surface area contributed by atoms with Crippen LogP contribution in [0.2, 0.25) is 0 Å². The summed E-state index contributed by atoms with van der Waals surface area (Å²) in [6.07, 6.45) is 4.52. The molecule has 1 atom stereocenters. The first-order valence-corrected chi connectivity index (χ1v) is 6.87. The van der Waals surface area contributed by atoms with E-state index in [-0.39, 0.29) is 0 Å². The Balaban J connectivity index is 2.20. The van der Waals surface area contributed by atoms with Crippen LogP contribution in [0.1, 0.15) is 31.7 Å². The Bertz CT molecular complexity index is 406. The first-order valence-electron chi connectivity index (χ1n) is 6.08. The molecule has 3 nitrogen and oxygen atoms in total. The van der Waals surface area contributed by atoms with E-state index < -0.39 is 5.60 Å². The second-order valence-electron chi connectivity index (χ2n) is 5.10. The zero-order valence-electron chi connectivity index (χ0n) is 10.4. The van der Waals surface area contributed by atoms with Gasteiger partial charge in [-0.25, -0.2) is 4.98 Å². The monoisotopic (exact) mass is 298 g/mol. The van der Waals surface area contributed by atoms with Crippen molar-refractivity contribution in [3.63, 3.8) is 0 Å². The van der Waals surface area contributed by atoms with Gasteiger partial charge in [0.25, 0.3) is 0 Å². The minimum Gasteiger partial charge on any atom is -0.390 e. The van der Waals surface area contributed by atoms with E-state index in [1.807, 2.05) is 19.2 Å². The third kappa shape index (κ3) is 2.99. The van der Waals surface area contributed by atoms with Crippen molar-refractivity contribution in [1.29, 1.82) is 0 Å². The number of pyridine rings is 1. The van der Waals surface area contributed by atoms with Gasteiger partial charge in [0.2, 0.25) is 0 Å². The molecule has 0 aliphatic carbocycles. The molecular weight excluding hydrogens is 280 g/mol. The molecule has 0 radical (unpaired) electrons. The van der Waals surface area contributed by atoms with E-state index in [0.29, 0.717) is 0 Å². The van der Waals surface area contributed by atoms with E-state index in [0.717, 1.165) is 42.6 Å². The van der Waals surface area contributed by atoms with Crippen LogP contribution in [0, 0.1) is 6.92 Å². The molecule has 1 N–H and O–H groups in total. The van der Waals surface area contributed by atoms with E-state index >= 15 is 0 Å². The largest absolute Gasteiger partial charge is 0.390 e. The third-order valence-electron chi connectivity index (χ3n) is 3.43. The van der Waals surface area contributed by atoms with Gasteiger partial charge in [0, 0.05) is 19.3 Å². The Hall–Kier alpha value is -0.610. The maximum atomic E-state index is 10.1. The summed E-state index contributed by atoms with van der Waals surface area (Å²) in [7, 11) is 0. The van der Waals surface area contributed by atoms with Crippen LogP contribution >= 0.6 is 15.9 Å². The van der Waals surface area contributed by atoms with Crippen LogP contribution in [0.3, 0.4) is 0 Å². The van der Waals surface area contributed by atoms with Crippen LogP contribution in [-0.2, 0) is 0 Å². The van der Waals surface area contributed by atoms with Gasteiger partial charge >= 0.3 is 0 Å². The van der Waals surface area contributed by atoms with Gasteiger partial charge in [0.05, 0.1) is 10.1 Å². The van der Waals surface area contributed by atoms with Crippen LogP contribution in [-0.4, -0.2) is 28.8 Å². The summed E-state index contributed by atoms with van der Waals surface area (Å²) in [6.45, 7) is 5.83. The van der Waals surface area contributed by atoms with Gasteiger partial charge in [0.1, 0.15) is 5.82 Å². The Morgan fingerprint density at radius 2 is 2.18 bits per heavy atom. The highest BCUT2D eigenvalue weighted by molar-refractivity contribution is 9.10. The smallest absolute Gasteiger partial charge is 0.143 e. The lowest BCUT2D eigenvalue weighted by molar-refractivity contribution is 0.0481. The quantitative estimate of drug-likeness (QED) is 0.866. The topological polar surface area (TPSA) is 36.4 Å². The third-order valence-corrected chi connectivity index (χ3v) is 4.41. The lowest BCUT2D eigenvalue weighted by Crippen LogP contribution is -2.29. The van der Waals surface area contributed by atoms with Crippen LogP contribution in [0.4, 0.5) is 5.82 Å². The minimum atomic E-state index is -0.523. The van der Waals surface area contributed by atoms with Crippen molar-refractivity contribution in [2.24, 2.45) is 0 Å². The molecule has 1 saturated heterocycles. The second-order valence-corrected chi connectivity index (χ2v) is 5.90. The number of aryl methyl sites for hydroxylation is 1. The standard InChI is InChI=1S/C13H19BrN2O/c1-10-4-7-15-12(11(10)14)16-8-3-5-13(2,17)6-9-16/h4,7,17H,3,5-6,8-9H2,1-2H3. The summed E-state index contributed by atoms with van der Waals surface area (Å²) in [5, 5.41) is 10.1. The molecule has 94 valence electrons. The summed E-state index contributed by atoms with van der Waals surface area (Å²) in [6, 6.07) is 2.00. The predicted octanol–water partition coefficient (Wildman–Crippen LogP) is 2.89. The number of hydrogen-bond donors (Lipinski definition) is 1. The summed E-state index contributed by atoms with van der Waals surface area (Å²) < 4.78 is 1.07. The first kappa shape index (κ1) is 12.8. The molecule has 0 amide bonds. The van der Waals surface area contributed by atoms with Crippen LogP contribution < -0.4 is 4.90 Å². The van der Waals surface area contributed by atoms with E-state index in [2.05, 4.69) is 32.7 Å². The van der Waals surface area contributed by atoms with Gasteiger partial charge in [-0.05, 0) is 60.7 Å². The van der Waals surface area contributed by atoms with Crippen molar-refractivity contribution in [3.8, 4) is 0 Å². The molecular formula is C13H19BrN2O. The Morgan fingerprint density at radius 1 is 1.41 bits per heavy atom. The number of halogens is 1. The van der Waals surface area contributed by atoms with Gasteiger partial charge in [-0.15, -0.1) is 0 Å². The fourth-order valence-corrected chi connectivity index (χ4v) is 2.71. The highest BCUT2D eigenvalue weighted by atomic mass is 79.9. The van der Waals surface area contributed by atoms with Crippen molar-refractivity contribution < 1.29 is 5.11 Å². The molecule has 1 aliphatic heterocycles. The van der Waals surface area contributed by atoms with Crippen LogP contribution in [0.25, 0.3) is 0 Å². The van der Waals surface area contributed by atoms with Crippen molar-refractivity contribution >= 4 is 21.7 Å². The van der Waals surface area contributed by atoms with Gasteiger partial charge in [-0.3, -0.25) is 0 Å². The molecule has 1 aromatic rings. The predicted molar refractivity (Wildman–Crippen MR) is 73.4 cm³/mol. The summed E-state index contributed by atoms with van der Waals surface area (Å²) in [4.78, 5) is 6.71. The average Bonchev–Trinajstić information content (AvgIpc) is 2.44. The maximum absolute atomic E-state index is 10.1. The molecule has 2 heterocycles. The fourth-order valence-electron chi connectivity index (χ4n) is 2.22. The van der Waals surface area contributed by atoms with E-state index in [1.165, 1.54) is 5.56 Å². The number of nitrogens with zero attached hydrogens (tertiary/aromatic N) is 2. The zero-order valence-corrected chi connectivity index (χ0v) is 12.0. The normalized spacial score (nSPS) is 25.8. The van der Waals surface area contributed by atoms with E-state index in [4.69, 9.17) is 0 Å². The van der Waals surface area contributed by atoms with Gasteiger partial charge in [-0.1, -0.05) is 0 Å². The lowest BCUT2D eigenvalue weighted by atomic mass is 9.98. The van der Waals surface area contributed by atoms with Crippen molar-refractivity contribution in [2.45, 2.75) is 38.7 Å². The summed E-state index contributed by atoms with van der Waals surface area (Å²) in [5.74, 6) is 1.00. The molecule has 2 rings (SSSR count). The minimum absolute atomic E-state index is 0.523. The molecule has 17 heavy (non-hydrogen) atoms. The van der Waals surface area contributed by atoms with Gasteiger partial charge in [0.15, 0.2) is 0 Å². The molecule has 4 heteroatoms. The molecule has 1 aromatic heterocycles. The van der Waals surface area contributed by atoms with Gasteiger partial charge < -0.3 is 10.0 Å². The van der Waals surface area contributed by atoms with Crippen LogP contribution in [0.15, 0.2) is 16.7 Å². The molecule has 0 bridgehead atoms. The Morgan fingerprint density at radius 3 is 2.94 bits per heavy atom. The molecule has 0 spiro atoms. The van der Waals surface area contributed by atoms with E-state index in [9.17, 15) is 5.11 Å². The summed E-state index contributed by atoms with van der Waals surface area (Å²) in [5.41, 5.74) is 0.677. The lowest BCUT2D eigenvalue weighted by Gasteiger charge is -2.24. The molecule has 0 saturated carbocycles. The van der Waals surface area contributed by atoms with E-state index in [1.54, 1.807) is 0 Å². The zero-order chi connectivity index (χ0) is 12.5. The molecule has 1 fully saturated rings. The summed E-state index contributed by atoms with van der Waals surface area (Å²) >= 11 is 3.60. The second kappa shape index (κ2) is 4.94. The number of rotatable bonds is 1. The average molecular weight is 299 g/mol. The maximum Gasteiger partial charge on any atom is 0.143 e. The highest BCUT2D eigenvalue weighted by Gasteiger charge is 2.26. The SMILES string of the molecule is Cc1ccnc(N2CCCC(C)(O)CC2)c1Br. The van der Waals surface area contributed by atoms with Crippen molar-refractivity contribution in [1.82, 2.24) is 4.98 Å². The van der Waals surface area contributed by atoms with Gasteiger partial charge in [-0.2, -0.15) is 0 Å². The number of aliphatic hydroxyl groups is 1. The van der Waals surface area contributed by atoms with Crippen LogP contribution in [0.5, 0.6) is 0 Å². The molecule has 1 aliphatic rings.